The van der Waals surface area contributed by atoms with E-state index < -0.39 is 0 Å². The van der Waals surface area contributed by atoms with Gasteiger partial charge in [0.1, 0.15) is 5.76 Å². The number of hydrogen-bond donors (Lipinski definition) is 2. The van der Waals surface area contributed by atoms with Crippen LogP contribution in [0.3, 0.4) is 0 Å². The summed E-state index contributed by atoms with van der Waals surface area (Å²) in [7, 11) is 2.06. The van der Waals surface area contributed by atoms with Crippen LogP contribution in [0.1, 0.15) is 48.6 Å². The summed E-state index contributed by atoms with van der Waals surface area (Å²) in [6.07, 6.45) is 2.30. The first-order valence-corrected chi connectivity index (χ1v) is 6.30. The van der Waals surface area contributed by atoms with Crippen LogP contribution in [-0.2, 0) is 6.54 Å². The smallest absolute Gasteiger partial charge is 0.301 e. The molecule has 1 heterocycles. The summed E-state index contributed by atoms with van der Waals surface area (Å²) in [6.45, 7) is 6.89. The van der Waals surface area contributed by atoms with E-state index in [4.69, 9.17) is 10.3 Å². The van der Waals surface area contributed by atoms with Gasteiger partial charge in [-0.15, -0.1) is 0 Å². The van der Waals surface area contributed by atoms with Crippen molar-refractivity contribution in [1.29, 1.82) is 0 Å². The quantitative estimate of drug-likeness (QED) is 0.461. The Kier molecular flexibility index (Phi) is 5.37. The fourth-order valence-electron chi connectivity index (χ4n) is 1.96. The van der Waals surface area contributed by atoms with Crippen LogP contribution in [0, 0.1) is 6.92 Å². The molecule has 1 rings (SSSR count). The maximum absolute atomic E-state index is 11.4. The Labute approximate surface area is 108 Å². The van der Waals surface area contributed by atoms with Crippen molar-refractivity contribution in [1.82, 2.24) is 10.3 Å². The van der Waals surface area contributed by atoms with Gasteiger partial charge in [-0.3, -0.25) is 15.1 Å². The van der Waals surface area contributed by atoms with Gasteiger partial charge in [-0.1, -0.05) is 13.3 Å². The molecule has 102 valence electrons. The molecule has 0 saturated heterocycles. The molecule has 0 aliphatic carbocycles. The number of carbonyl (C=O) groups excluding carboxylic acids is 1. The van der Waals surface area contributed by atoms with E-state index in [0.29, 0.717) is 18.3 Å². The topological polar surface area (TPSA) is 71.5 Å². The molecule has 5 heteroatoms. The molecule has 0 bridgehead atoms. The summed E-state index contributed by atoms with van der Waals surface area (Å²) in [5, 5.41) is 0. The molecule has 0 spiro atoms. The molecule has 1 aromatic heterocycles. The number of aryl methyl sites for hydroxylation is 1. The lowest BCUT2D eigenvalue weighted by Gasteiger charge is -2.23. The Balaban J connectivity index is 2.71. The number of rotatable bonds is 6. The molecule has 0 aliphatic heterocycles. The second-order valence-corrected chi connectivity index (χ2v) is 4.75. The van der Waals surface area contributed by atoms with Gasteiger partial charge in [-0.05, 0) is 33.4 Å². The number of hydrogen-bond acceptors (Lipinski definition) is 4. The first kappa shape index (κ1) is 14.7. The Morgan fingerprint density at radius 1 is 1.61 bits per heavy atom. The van der Waals surface area contributed by atoms with Gasteiger partial charge in [0, 0.05) is 11.6 Å². The fourth-order valence-corrected chi connectivity index (χ4v) is 1.96. The van der Waals surface area contributed by atoms with E-state index >= 15 is 0 Å². The molecule has 0 aromatic carbocycles. The molecule has 1 unspecified atom stereocenters. The van der Waals surface area contributed by atoms with Crippen LogP contribution in [0.4, 0.5) is 0 Å². The average molecular weight is 253 g/mol. The molecule has 0 aliphatic rings. The summed E-state index contributed by atoms with van der Waals surface area (Å²) in [6, 6.07) is 2.38. The zero-order chi connectivity index (χ0) is 13.7. The first-order valence-electron chi connectivity index (χ1n) is 6.30. The van der Waals surface area contributed by atoms with E-state index in [9.17, 15) is 4.79 Å². The van der Waals surface area contributed by atoms with Crippen LogP contribution >= 0.6 is 0 Å². The van der Waals surface area contributed by atoms with Crippen molar-refractivity contribution in [3.63, 3.8) is 0 Å². The molecule has 3 N–H and O–H groups in total. The molecule has 1 atom stereocenters. The summed E-state index contributed by atoms with van der Waals surface area (Å²) in [4.78, 5) is 13.6. The van der Waals surface area contributed by atoms with Crippen molar-refractivity contribution in [3.8, 4) is 0 Å². The Morgan fingerprint density at radius 2 is 2.28 bits per heavy atom. The van der Waals surface area contributed by atoms with Crippen LogP contribution in [0.25, 0.3) is 0 Å². The Morgan fingerprint density at radius 3 is 2.83 bits per heavy atom. The van der Waals surface area contributed by atoms with E-state index in [-0.39, 0.29) is 5.91 Å². The highest BCUT2D eigenvalue weighted by molar-refractivity contribution is 5.92. The minimum Gasteiger partial charge on any atom is -0.454 e. The van der Waals surface area contributed by atoms with Crippen LogP contribution in [0.15, 0.2) is 10.5 Å². The molecule has 5 nitrogen and oxygen atoms in total. The van der Waals surface area contributed by atoms with E-state index in [0.717, 1.165) is 24.2 Å². The third kappa shape index (κ3) is 3.58. The number of nitrogen functional groups attached to an aromatic ring is 1. The second kappa shape index (κ2) is 6.56. The summed E-state index contributed by atoms with van der Waals surface area (Å²) >= 11 is 0. The minimum absolute atomic E-state index is 0.295. The van der Waals surface area contributed by atoms with E-state index in [1.807, 2.05) is 13.0 Å². The summed E-state index contributed by atoms with van der Waals surface area (Å²) in [5.41, 5.74) is 2.90. The molecule has 0 saturated carbocycles. The molecular weight excluding hydrogens is 230 g/mol. The molecule has 1 amide bonds. The van der Waals surface area contributed by atoms with Gasteiger partial charge in [0.15, 0.2) is 5.76 Å². The number of nitrogens with one attached hydrogen (secondary N) is 1. The first-order chi connectivity index (χ1) is 8.49. The van der Waals surface area contributed by atoms with Gasteiger partial charge in [0.2, 0.25) is 0 Å². The molecule has 18 heavy (non-hydrogen) atoms. The minimum atomic E-state index is -0.386. The molecular formula is C13H23N3O2. The highest BCUT2D eigenvalue weighted by Crippen LogP contribution is 2.17. The summed E-state index contributed by atoms with van der Waals surface area (Å²) < 4.78 is 5.53. The van der Waals surface area contributed by atoms with Crippen LogP contribution in [0.5, 0.6) is 0 Å². The van der Waals surface area contributed by atoms with Gasteiger partial charge in [-0.2, -0.15) is 0 Å². The van der Waals surface area contributed by atoms with Crippen LogP contribution in [-0.4, -0.2) is 23.9 Å². The zero-order valence-electron chi connectivity index (χ0n) is 11.6. The maximum atomic E-state index is 11.4. The fraction of sp³-hybridized carbons (Fsp3) is 0.615. The molecule has 0 radical (unpaired) electrons. The molecule has 0 fully saturated rings. The van der Waals surface area contributed by atoms with E-state index in [1.165, 1.54) is 0 Å². The number of amides is 1. The maximum Gasteiger partial charge on any atom is 0.301 e. The highest BCUT2D eigenvalue weighted by Gasteiger charge is 2.16. The predicted octanol–water partition coefficient (Wildman–Crippen LogP) is 1.81. The largest absolute Gasteiger partial charge is 0.454 e. The van der Waals surface area contributed by atoms with Gasteiger partial charge in [-0.25, -0.2) is 5.84 Å². The molecule has 1 aromatic rings. The zero-order valence-corrected chi connectivity index (χ0v) is 11.6. The lowest BCUT2D eigenvalue weighted by Crippen LogP contribution is -2.30. The number of hydrazine groups is 1. The number of furan rings is 1. The van der Waals surface area contributed by atoms with E-state index in [1.54, 1.807) is 0 Å². The predicted molar refractivity (Wildman–Crippen MR) is 70.9 cm³/mol. The second-order valence-electron chi connectivity index (χ2n) is 4.75. The van der Waals surface area contributed by atoms with Crippen molar-refractivity contribution in [3.05, 3.63) is 23.2 Å². The van der Waals surface area contributed by atoms with Crippen molar-refractivity contribution in [2.75, 3.05) is 7.05 Å². The van der Waals surface area contributed by atoms with Crippen molar-refractivity contribution in [2.24, 2.45) is 5.84 Å². The van der Waals surface area contributed by atoms with Crippen molar-refractivity contribution >= 4 is 5.91 Å². The SMILES string of the molecule is CCCC(C)N(C)Cc1cc(C)c(C(=O)NN)o1. The Hall–Kier alpha value is -1.33. The van der Waals surface area contributed by atoms with Crippen molar-refractivity contribution < 1.29 is 9.21 Å². The van der Waals surface area contributed by atoms with Gasteiger partial charge in [0.25, 0.3) is 0 Å². The highest BCUT2D eigenvalue weighted by atomic mass is 16.4. The number of carbonyl (C=O) groups is 1. The third-order valence-corrected chi connectivity index (χ3v) is 3.17. The Bertz CT molecular complexity index is 401. The van der Waals surface area contributed by atoms with Gasteiger partial charge < -0.3 is 4.42 Å². The third-order valence-electron chi connectivity index (χ3n) is 3.17. The van der Waals surface area contributed by atoms with Gasteiger partial charge in [0.05, 0.1) is 6.54 Å². The standard InChI is InChI=1S/C13H23N3O2/c1-5-6-10(3)16(4)8-11-7-9(2)12(18-11)13(17)15-14/h7,10H,5-6,8,14H2,1-4H3,(H,15,17). The van der Waals surface area contributed by atoms with Crippen LogP contribution < -0.4 is 11.3 Å². The monoisotopic (exact) mass is 253 g/mol. The summed E-state index contributed by atoms with van der Waals surface area (Å²) in [5.74, 6) is 5.80. The number of nitrogens with two attached hydrogens (primary N) is 1. The lowest BCUT2D eigenvalue weighted by molar-refractivity contribution is 0.0920. The van der Waals surface area contributed by atoms with Crippen LogP contribution in [0.2, 0.25) is 0 Å². The van der Waals surface area contributed by atoms with Gasteiger partial charge >= 0.3 is 5.91 Å². The van der Waals surface area contributed by atoms with E-state index in [2.05, 4.69) is 31.2 Å². The van der Waals surface area contributed by atoms with Crippen molar-refractivity contribution in [2.45, 2.75) is 46.2 Å². The average Bonchev–Trinajstić information content (AvgIpc) is 2.69. The lowest BCUT2D eigenvalue weighted by atomic mass is 10.1. The number of nitrogens with zero attached hydrogens (tertiary/aromatic N) is 1. The normalized spacial score (nSPS) is 12.8.